The van der Waals surface area contributed by atoms with E-state index in [-0.39, 0.29) is 11.8 Å². The minimum absolute atomic E-state index is 0.0153. The smallest absolute Gasteiger partial charge is 0.225 e. The minimum Gasteiger partial charge on any atom is -0.355 e. The van der Waals surface area contributed by atoms with E-state index in [1.165, 1.54) is 11.1 Å². The number of carbonyl (C=O) groups excluding carboxylic acids is 2. The maximum atomic E-state index is 12.0. The van der Waals surface area contributed by atoms with Crippen molar-refractivity contribution in [1.82, 2.24) is 15.5 Å². The maximum Gasteiger partial charge on any atom is 0.225 e. The average Bonchev–Trinajstić information content (AvgIpc) is 2.58. The zero-order valence-electron chi connectivity index (χ0n) is 15.9. The molecule has 0 aliphatic carbocycles. The van der Waals surface area contributed by atoms with Gasteiger partial charge in [-0.05, 0) is 24.5 Å². The Morgan fingerprint density at radius 1 is 1.16 bits per heavy atom. The van der Waals surface area contributed by atoms with Gasteiger partial charge in [-0.3, -0.25) is 14.5 Å². The second-order valence-electron chi connectivity index (χ2n) is 7.90. The van der Waals surface area contributed by atoms with Crippen LogP contribution in [0.1, 0.15) is 45.2 Å². The summed E-state index contributed by atoms with van der Waals surface area (Å²) >= 11 is 0. The van der Waals surface area contributed by atoms with Crippen molar-refractivity contribution in [3.63, 3.8) is 0 Å². The largest absolute Gasteiger partial charge is 0.355 e. The van der Waals surface area contributed by atoms with E-state index >= 15 is 0 Å². The summed E-state index contributed by atoms with van der Waals surface area (Å²) in [4.78, 5) is 26.2. The molecular formula is C20H31N3O2. The number of nitrogens with one attached hydrogen (secondary N) is 2. The average molecular weight is 345 g/mol. The van der Waals surface area contributed by atoms with E-state index < -0.39 is 5.41 Å². The van der Waals surface area contributed by atoms with Gasteiger partial charge in [-0.2, -0.15) is 0 Å². The molecular weight excluding hydrogens is 314 g/mol. The lowest BCUT2D eigenvalue weighted by Crippen LogP contribution is -2.45. The van der Waals surface area contributed by atoms with Gasteiger partial charge in [-0.25, -0.2) is 0 Å². The third kappa shape index (κ3) is 5.85. The van der Waals surface area contributed by atoms with Gasteiger partial charge in [-0.1, -0.05) is 45.0 Å². The van der Waals surface area contributed by atoms with Crippen molar-refractivity contribution in [1.29, 1.82) is 0 Å². The number of benzene rings is 1. The number of nitrogens with zero attached hydrogens (tertiary/aromatic N) is 1. The molecule has 0 radical (unpaired) electrons. The predicted molar refractivity (Wildman–Crippen MR) is 100 cm³/mol. The Hall–Kier alpha value is -1.88. The molecule has 1 aromatic rings. The highest BCUT2D eigenvalue weighted by atomic mass is 16.2. The molecule has 5 heteroatoms. The van der Waals surface area contributed by atoms with Crippen LogP contribution in [0.5, 0.6) is 0 Å². The summed E-state index contributed by atoms with van der Waals surface area (Å²) in [5, 5.41) is 5.79. The Balaban J connectivity index is 1.69. The number of rotatable bonds is 6. The summed E-state index contributed by atoms with van der Waals surface area (Å²) in [6.07, 6.45) is 1.38. The van der Waals surface area contributed by atoms with Crippen LogP contribution in [0.25, 0.3) is 0 Å². The first-order chi connectivity index (χ1) is 11.8. The van der Waals surface area contributed by atoms with Crippen LogP contribution in [0.15, 0.2) is 24.3 Å². The number of hydrogen-bond donors (Lipinski definition) is 2. The highest BCUT2D eigenvalue weighted by Gasteiger charge is 2.22. The minimum atomic E-state index is -0.421. The summed E-state index contributed by atoms with van der Waals surface area (Å²) in [6.45, 7) is 10.7. The molecule has 1 heterocycles. The molecule has 1 aliphatic rings. The first-order valence-electron chi connectivity index (χ1n) is 9.13. The van der Waals surface area contributed by atoms with Crippen molar-refractivity contribution in [3.05, 3.63) is 35.4 Å². The van der Waals surface area contributed by atoms with E-state index in [0.717, 1.165) is 19.5 Å². The molecule has 2 rings (SSSR count). The second kappa shape index (κ2) is 8.48. The monoisotopic (exact) mass is 345 g/mol. The quantitative estimate of drug-likeness (QED) is 0.830. The summed E-state index contributed by atoms with van der Waals surface area (Å²) in [6, 6.07) is 8.86. The van der Waals surface area contributed by atoms with Crippen LogP contribution in [-0.2, 0) is 22.6 Å². The summed E-state index contributed by atoms with van der Waals surface area (Å²) in [7, 11) is 0. The van der Waals surface area contributed by atoms with Crippen LogP contribution in [0, 0.1) is 5.41 Å². The summed E-state index contributed by atoms with van der Waals surface area (Å²) < 4.78 is 0. The molecule has 2 amide bonds. The number of fused-ring (bicyclic) bond motifs is 1. The van der Waals surface area contributed by atoms with Crippen LogP contribution >= 0.6 is 0 Å². The zero-order valence-corrected chi connectivity index (χ0v) is 15.9. The molecule has 0 aromatic heterocycles. The van der Waals surface area contributed by atoms with Gasteiger partial charge >= 0.3 is 0 Å². The van der Waals surface area contributed by atoms with Crippen molar-refractivity contribution in [2.45, 2.75) is 53.1 Å². The van der Waals surface area contributed by atoms with E-state index in [4.69, 9.17) is 0 Å². The molecule has 1 unspecified atom stereocenters. The maximum absolute atomic E-state index is 12.0. The van der Waals surface area contributed by atoms with Gasteiger partial charge in [0.15, 0.2) is 0 Å². The van der Waals surface area contributed by atoms with Gasteiger partial charge in [0.25, 0.3) is 0 Å². The van der Waals surface area contributed by atoms with Crippen molar-refractivity contribution in [2.24, 2.45) is 5.41 Å². The van der Waals surface area contributed by atoms with Crippen molar-refractivity contribution in [2.75, 3.05) is 19.6 Å². The van der Waals surface area contributed by atoms with Crippen LogP contribution in [-0.4, -0.2) is 42.4 Å². The van der Waals surface area contributed by atoms with Gasteiger partial charge < -0.3 is 10.6 Å². The lowest BCUT2D eigenvalue weighted by atomic mass is 9.96. The van der Waals surface area contributed by atoms with Crippen LogP contribution in [0.3, 0.4) is 0 Å². The molecule has 0 saturated heterocycles. The van der Waals surface area contributed by atoms with Gasteiger partial charge in [0.1, 0.15) is 0 Å². The molecule has 138 valence electrons. The molecule has 0 spiro atoms. The molecule has 25 heavy (non-hydrogen) atoms. The first-order valence-corrected chi connectivity index (χ1v) is 9.13. The lowest BCUT2D eigenvalue weighted by Gasteiger charge is -2.33. The van der Waals surface area contributed by atoms with Gasteiger partial charge in [0.05, 0.1) is 0 Å². The lowest BCUT2D eigenvalue weighted by molar-refractivity contribution is -0.128. The molecule has 0 bridgehead atoms. The van der Waals surface area contributed by atoms with Crippen LogP contribution in [0.4, 0.5) is 0 Å². The molecule has 5 nitrogen and oxygen atoms in total. The second-order valence-corrected chi connectivity index (χ2v) is 7.90. The fraction of sp³-hybridized carbons (Fsp3) is 0.600. The fourth-order valence-electron chi connectivity index (χ4n) is 2.93. The fourth-order valence-corrected chi connectivity index (χ4v) is 2.93. The third-order valence-corrected chi connectivity index (χ3v) is 4.70. The molecule has 1 aromatic carbocycles. The van der Waals surface area contributed by atoms with Crippen molar-refractivity contribution >= 4 is 11.8 Å². The predicted octanol–water partition coefficient (Wildman–Crippen LogP) is 2.10. The number of carbonyl (C=O) groups is 2. The first kappa shape index (κ1) is 19.4. The topological polar surface area (TPSA) is 61.4 Å². The summed E-state index contributed by atoms with van der Waals surface area (Å²) in [5.74, 6) is -0.0425. The van der Waals surface area contributed by atoms with Crippen molar-refractivity contribution in [3.8, 4) is 0 Å². The Labute approximate surface area is 151 Å². The molecule has 1 aliphatic heterocycles. The molecule has 1 atom stereocenters. The molecule has 0 fully saturated rings. The van der Waals surface area contributed by atoms with E-state index in [1.54, 1.807) is 0 Å². The van der Waals surface area contributed by atoms with Gasteiger partial charge in [0, 0.05) is 44.1 Å². The third-order valence-electron chi connectivity index (χ3n) is 4.70. The highest BCUT2D eigenvalue weighted by molar-refractivity contribution is 5.82. The Morgan fingerprint density at radius 2 is 1.84 bits per heavy atom. The normalized spacial score (nSPS) is 16.0. The van der Waals surface area contributed by atoms with Crippen molar-refractivity contribution < 1.29 is 9.59 Å². The van der Waals surface area contributed by atoms with E-state index in [9.17, 15) is 9.59 Å². The highest BCUT2D eigenvalue weighted by Crippen LogP contribution is 2.19. The molecule has 0 saturated carbocycles. The summed E-state index contributed by atoms with van der Waals surface area (Å²) in [5.41, 5.74) is 2.40. The van der Waals surface area contributed by atoms with E-state index in [2.05, 4.69) is 46.7 Å². The SMILES string of the molecule is CC(CNC(=O)CCNC(=O)C(C)(C)C)N1CCc2ccccc2C1. The standard InChI is InChI=1S/C20H31N3O2/c1-15(23-12-10-16-7-5-6-8-17(16)14-23)13-22-18(24)9-11-21-19(25)20(2,3)4/h5-8,15H,9-14H2,1-4H3,(H,21,25)(H,22,24). The Kier molecular flexibility index (Phi) is 6.59. The number of hydrogen-bond acceptors (Lipinski definition) is 3. The Morgan fingerprint density at radius 3 is 2.52 bits per heavy atom. The number of amides is 2. The van der Waals surface area contributed by atoms with Crippen LogP contribution in [0.2, 0.25) is 0 Å². The van der Waals surface area contributed by atoms with Crippen LogP contribution < -0.4 is 10.6 Å². The van der Waals surface area contributed by atoms with Gasteiger partial charge in [-0.15, -0.1) is 0 Å². The van der Waals surface area contributed by atoms with E-state index in [0.29, 0.717) is 25.6 Å². The van der Waals surface area contributed by atoms with Gasteiger partial charge in [0.2, 0.25) is 11.8 Å². The van der Waals surface area contributed by atoms with E-state index in [1.807, 2.05) is 20.8 Å². The zero-order chi connectivity index (χ0) is 18.4. The molecule has 2 N–H and O–H groups in total. The Bertz CT molecular complexity index is 607.